The van der Waals surface area contributed by atoms with Gasteiger partial charge in [-0.05, 0) is 53.9 Å². The van der Waals surface area contributed by atoms with Crippen LogP contribution in [0.1, 0.15) is 32.4 Å². The summed E-state index contributed by atoms with van der Waals surface area (Å²) in [4.78, 5) is 24.0. The van der Waals surface area contributed by atoms with E-state index in [1.807, 2.05) is 0 Å². The minimum Gasteiger partial charge on any atom is -0.484 e. The third kappa shape index (κ3) is 6.00. The van der Waals surface area contributed by atoms with E-state index in [0.29, 0.717) is 34.0 Å². The lowest BCUT2D eigenvalue weighted by Crippen LogP contribution is -2.49. The number of rotatable bonds is 8. The fourth-order valence-corrected chi connectivity index (χ4v) is 4.64. The number of nitrogens with one attached hydrogen (secondary N) is 1. The highest BCUT2D eigenvalue weighted by molar-refractivity contribution is 6.34. The van der Waals surface area contributed by atoms with E-state index in [1.54, 1.807) is 80.4 Å². The number of alkyl halides is 2. The lowest BCUT2D eigenvalue weighted by Gasteiger charge is -2.32. The van der Waals surface area contributed by atoms with Crippen LogP contribution in [0.4, 0.5) is 8.78 Å². The SMILES string of the molecule is CC(C)C(NC(=O)C(C)(F)F)[C@H](Oc1ccc2c(cnn2-c2ccc(=O)n(C)c2)c1)c1cc(Cl)cc(Cl)c1. The summed E-state index contributed by atoms with van der Waals surface area (Å²) in [5, 5.41) is 8.30. The van der Waals surface area contributed by atoms with Crippen LogP contribution in [0.15, 0.2) is 65.7 Å². The third-order valence-corrected chi connectivity index (χ3v) is 6.51. The number of aryl methyl sites for hydroxylation is 1. The van der Waals surface area contributed by atoms with Crippen molar-refractivity contribution >= 4 is 40.0 Å². The van der Waals surface area contributed by atoms with Crippen LogP contribution in [0.3, 0.4) is 0 Å². The van der Waals surface area contributed by atoms with Gasteiger partial charge in [-0.1, -0.05) is 37.0 Å². The van der Waals surface area contributed by atoms with E-state index in [0.717, 1.165) is 10.9 Å². The highest BCUT2D eigenvalue weighted by atomic mass is 35.5. The smallest absolute Gasteiger partial charge is 0.321 e. The van der Waals surface area contributed by atoms with Crippen LogP contribution in [-0.2, 0) is 11.8 Å². The highest BCUT2D eigenvalue weighted by Crippen LogP contribution is 2.34. The molecule has 0 radical (unpaired) electrons. The Morgan fingerprint density at radius 3 is 2.37 bits per heavy atom. The maximum absolute atomic E-state index is 13.8. The Kier molecular flexibility index (Phi) is 7.80. The first-order valence-electron chi connectivity index (χ1n) is 11.8. The lowest BCUT2D eigenvalue weighted by molar-refractivity contribution is -0.145. The topological polar surface area (TPSA) is 78.2 Å². The Hall–Kier alpha value is -3.43. The van der Waals surface area contributed by atoms with E-state index >= 15 is 0 Å². The van der Waals surface area contributed by atoms with Crippen molar-refractivity contribution in [1.82, 2.24) is 19.7 Å². The molecule has 1 N–H and O–H groups in total. The zero-order valence-electron chi connectivity index (χ0n) is 21.1. The van der Waals surface area contributed by atoms with Crippen LogP contribution in [0.2, 0.25) is 10.0 Å². The maximum atomic E-state index is 13.8. The first-order valence-corrected chi connectivity index (χ1v) is 12.6. The Morgan fingerprint density at radius 2 is 1.76 bits per heavy atom. The second-order valence-corrected chi connectivity index (χ2v) is 10.4. The number of halogens is 4. The van der Waals surface area contributed by atoms with E-state index in [-0.39, 0.29) is 11.5 Å². The Balaban J connectivity index is 1.74. The van der Waals surface area contributed by atoms with E-state index in [2.05, 4.69) is 10.4 Å². The van der Waals surface area contributed by atoms with Crippen molar-refractivity contribution in [2.75, 3.05) is 0 Å². The molecule has 200 valence electrons. The quantitative estimate of drug-likeness (QED) is 0.288. The molecule has 0 saturated heterocycles. The van der Waals surface area contributed by atoms with Crippen LogP contribution in [0.5, 0.6) is 5.75 Å². The van der Waals surface area contributed by atoms with Gasteiger partial charge >= 0.3 is 5.92 Å². The molecule has 1 unspecified atom stereocenters. The number of benzene rings is 2. The van der Waals surface area contributed by atoms with Crippen molar-refractivity contribution in [2.24, 2.45) is 13.0 Å². The lowest BCUT2D eigenvalue weighted by atomic mass is 9.92. The van der Waals surface area contributed by atoms with Gasteiger partial charge in [-0.3, -0.25) is 9.59 Å². The van der Waals surface area contributed by atoms with Gasteiger partial charge in [0.1, 0.15) is 11.9 Å². The summed E-state index contributed by atoms with van der Waals surface area (Å²) >= 11 is 12.5. The molecule has 0 aliphatic rings. The molecule has 2 atom stereocenters. The van der Waals surface area contributed by atoms with Crippen LogP contribution >= 0.6 is 23.2 Å². The molecule has 11 heteroatoms. The number of hydrogen-bond acceptors (Lipinski definition) is 4. The van der Waals surface area contributed by atoms with E-state index in [9.17, 15) is 18.4 Å². The van der Waals surface area contributed by atoms with E-state index in [1.165, 1.54) is 10.6 Å². The predicted octanol–water partition coefficient (Wildman–Crippen LogP) is 5.95. The first kappa shape index (κ1) is 27.6. The molecule has 0 fully saturated rings. The van der Waals surface area contributed by atoms with Gasteiger partial charge in [0.2, 0.25) is 5.56 Å². The summed E-state index contributed by atoms with van der Waals surface area (Å²) < 4.78 is 37.1. The van der Waals surface area contributed by atoms with Crippen LogP contribution in [0, 0.1) is 5.92 Å². The molecule has 2 aromatic carbocycles. The average Bonchev–Trinajstić information content (AvgIpc) is 3.24. The maximum Gasteiger partial charge on any atom is 0.321 e. The Bertz CT molecular complexity index is 1530. The molecule has 0 saturated carbocycles. The fraction of sp³-hybridized carbons (Fsp3) is 0.296. The van der Waals surface area contributed by atoms with Crippen molar-refractivity contribution in [3.63, 3.8) is 0 Å². The van der Waals surface area contributed by atoms with Gasteiger partial charge in [-0.25, -0.2) is 4.68 Å². The molecule has 1 amide bonds. The van der Waals surface area contributed by atoms with Gasteiger partial charge in [-0.2, -0.15) is 13.9 Å². The van der Waals surface area contributed by atoms with Crippen LogP contribution in [-0.4, -0.2) is 32.2 Å². The minimum absolute atomic E-state index is 0.138. The van der Waals surface area contributed by atoms with E-state index in [4.69, 9.17) is 27.9 Å². The van der Waals surface area contributed by atoms with Gasteiger partial charge in [0.25, 0.3) is 5.91 Å². The van der Waals surface area contributed by atoms with Crippen molar-refractivity contribution < 1.29 is 18.3 Å². The molecular weight excluding hydrogens is 537 g/mol. The molecule has 7 nitrogen and oxygen atoms in total. The highest BCUT2D eigenvalue weighted by Gasteiger charge is 2.38. The van der Waals surface area contributed by atoms with Gasteiger partial charge in [0.05, 0.1) is 23.4 Å². The van der Waals surface area contributed by atoms with Crippen molar-refractivity contribution in [3.8, 4) is 11.4 Å². The molecule has 4 rings (SSSR count). The number of nitrogens with zero attached hydrogens (tertiary/aromatic N) is 3. The summed E-state index contributed by atoms with van der Waals surface area (Å²) in [5.74, 6) is -4.85. The van der Waals surface area contributed by atoms with E-state index < -0.39 is 24.0 Å². The Labute approximate surface area is 227 Å². The molecule has 4 aromatic rings. The second-order valence-electron chi connectivity index (χ2n) is 9.49. The van der Waals surface area contributed by atoms with Gasteiger partial charge in [0.15, 0.2) is 0 Å². The van der Waals surface area contributed by atoms with Crippen molar-refractivity contribution in [2.45, 2.75) is 38.8 Å². The van der Waals surface area contributed by atoms with Gasteiger partial charge in [-0.15, -0.1) is 0 Å². The van der Waals surface area contributed by atoms with Gasteiger partial charge in [0, 0.05) is 41.7 Å². The Morgan fingerprint density at radius 1 is 1.08 bits per heavy atom. The average molecular weight is 563 g/mol. The number of ether oxygens (including phenoxy) is 1. The zero-order valence-corrected chi connectivity index (χ0v) is 22.6. The number of pyridine rings is 1. The third-order valence-electron chi connectivity index (χ3n) is 6.07. The number of aromatic nitrogens is 3. The number of hydrogen-bond donors (Lipinski definition) is 1. The largest absolute Gasteiger partial charge is 0.484 e. The molecule has 0 spiro atoms. The summed E-state index contributed by atoms with van der Waals surface area (Å²) in [6.45, 7) is 4.13. The van der Waals surface area contributed by atoms with Crippen LogP contribution < -0.4 is 15.6 Å². The van der Waals surface area contributed by atoms with Crippen molar-refractivity contribution in [1.29, 1.82) is 0 Å². The zero-order chi connectivity index (χ0) is 27.8. The minimum atomic E-state index is -3.57. The van der Waals surface area contributed by atoms with Gasteiger partial charge < -0.3 is 14.6 Å². The summed E-state index contributed by atoms with van der Waals surface area (Å²) in [7, 11) is 1.66. The molecule has 0 aliphatic heterocycles. The second kappa shape index (κ2) is 10.7. The predicted molar refractivity (Wildman–Crippen MR) is 144 cm³/mol. The molecule has 38 heavy (non-hydrogen) atoms. The summed E-state index contributed by atoms with van der Waals surface area (Å²) in [5.41, 5.74) is 1.84. The number of carbonyl (C=O) groups excluding carboxylic acids is 1. The summed E-state index contributed by atoms with van der Waals surface area (Å²) in [6.07, 6.45) is 2.43. The monoisotopic (exact) mass is 562 g/mol. The molecule has 2 heterocycles. The first-order chi connectivity index (χ1) is 17.8. The molecule has 0 bridgehead atoms. The molecular formula is C27H26Cl2F2N4O3. The fourth-order valence-electron chi connectivity index (χ4n) is 4.10. The summed E-state index contributed by atoms with van der Waals surface area (Å²) in [6, 6.07) is 12.4. The molecule has 2 aromatic heterocycles. The molecule has 0 aliphatic carbocycles. The normalized spacial score (nSPS) is 13.5. The number of fused-ring (bicyclic) bond motifs is 1. The standard InChI is InChI=1S/C27H26Cl2F2N4O3/c1-15(2)24(33-26(37)27(3,30)31)25(16-9-18(28)12-19(29)10-16)38-21-6-7-22-17(11-21)13-32-35(22)20-5-8-23(36)34(4)14-20/h5-15,24-25H,1-4H3,(H,33,37)/t24?,25-/m1/s1. The van der Waals surface area contributed by atoms with Crippen molar-refractivity contribution in [3.05, 3.63) is 86.9 Å². The number of carbonyl (C=O) groups is 1. The number of amides is 1. The van der Waals surface area contributed by atoms with Crippen LogP contribution in [0.25, 0.3) is 16.6 Å².